The number of hydrogen-bond donors (Lipinski definition) is 0. The molecule has 2 rings (SSSR count). The molecule has 0 aliphatic carbocycles. The van der Waals surface area contributed by atoms with E-state index in [9.17, 15) is 13.0 Å². The molecule has 4 nitrogen and oxygen atoms in total. The van der Waals surface area contributed by atoms with Gasteiger partial charge in [0, 0.05) is 5.39 Å². The molecule has 0 atom stereocenters. The van der Waals surface area contributed by atoms with Crippen LogP contribution in [-0.4, -0.2) is 67.3 Å². The zero-order valence-electron chi connectivity index (χ0n) is 21.5. The number of benzene rings is 2. The molecular weight excluding hydrogens is 570 g/mol. The molecule has 0 saturated heterocycles. The number of aryl methyl sites for hydroxylation is 2. The van der Waals surface area contributed by atoms with Crippen LogP contribution in [0.25, 0.3) is 10.8 Å². The fourth-order valence-electron chi connectivity index (χ4n) is 4.72. The Balaban J connectivity index is 0.00000544. The molecule has 0 bridgehead atoms. The van der Waals surface area contributed by atoms with Crippen LogP contribution in [0, 0.1) is 0 Å². The van der Waals surface area contributed by atoms with Gasteiger partial charge in [-0.15, -0.1) is 0 Å². The van der Waals surface area contributed by atoms with E-state index in [2.05, 4.69) is 19.9 Å². The van der Waals surface area contributed by atoms with E-state index in [-0.39, 0.29) is 59.3 Å². The van der Waals surface area contributed by atoms with Gasteiger partial charge in [-0.1, -0.05) is 115 Å². The summed E-state index contributed by atoms with van der Waals surface area (Å²) in [7, 11) is -4.50. The van der Waals surface area contributed by atoms with E-state index >= 15 is 0 Å². The molecule has 0 spiro atoms. The third-order valence-electron chi connectivity index (χ3n) is 6.56. The molecule has 0 saturated carbocycles. The fraction of sp³-hybridized carbons (Fsp3) is 0.643. The Bertz CT molecular complexity index is 912. The molecular formula is C28H44BaO4S. The Morgan fingerprint density at radius 2 is 1.18 bits per heavy atom. The van der Waals surface area contributed by atoms with Gasteiger partial charge in [-0.25, -0.2) is 8.42 Å². The monoisotopic (exact) mass is 614 g/mol. The molecule has 2 aromatic carbocycles. The Morgan fingerprint density at radius 3 is 1.71 bits per heavy atom. The van der Waals surface area contributed by atoms with Gasteiger partial charge < -0.3 is 10.0 Å². The summed E-state index contributed by atoms with van der Waals surface area (Å²) in [6.07, 6.45) is 19.2. The van der Waals surface area contributed by atoms with E-state index in [1.165, 1.54) is 82.3 Å². The average Bonchev–Trinajstić information content (AvgIpc) is 2.77. The van der Waals surface area contributed by atoms with Gasteiger partial charge in [0.15, 0.2) is 0 Å². The maximum absolute atomic E-state index is 12.0. The van der Waals surface area contributed by atoms with Crippen LogP contribution in [-0.2, 0) is 23.0 Å². The first-order valence-electron chi connectivity index (χ1n) is 13.0. The van der Waals surface area contributed by atoms with Gasteiger partial charge in [0.2, 0.25) is 0 Å². The van der Waals surface area contributed by atoms with E-state index in [1.54, 1.807) is 6.07 Å². The van der Waals surface area contributed by atoms with Crippen molar-refractivity contribution in [1.82, 2.24) is 0 Å². The van der Waals surface area contributed by atoms with Crippen molar-refractivity contribution in [3.8, 4) is 0 Å². The number of hydrogen-bond acceptors (Lipinski definition) is 4. The minimum atomic E-state index is -4.50. The second kappa shape index (κ2) is 19.3. The van der Waals surface area contributed by atoms with E-state index in [0.29, 0.717) is 5.39 Å². The van der Waals surface area contributed by atoms with Crippen LogP contribution in [0.4, 0.5) is 0 Å². The molecule has 0 aliphatic rings. The van der Waals surface area contributed by atoms with Crippen LogP contribution in [0.1, 0.15) is 115 Å². The zero-order chi connectivity index (χ0) is 23.2. The zero-order valence-corrected chi connectivity index (χ0v) is 26.7. The van der Waals surface area contributed by atoms with Crippen molar-refractivity contribution in [2.75, 3.05) is 0 Å². The molecule has 34 heavy (non-hydrogen) atoms. The van der Waals surface area contributed by atoms with Crippen LogP contribution in [0.3, 0.4) is 0 Å². The summed E-state index contributed by atoms with van der Waals surface area (Å²) in [6.45, 7) is 4.47. The summed E-state index contributed by atoms with van der Waals surface area (Å²) in [5, 5.41) is 1.54. The molecule has 0 fully saturated rings. The van der Waals surface area contributed by atoms with Crippen LogP contribution in [0.15, 0.2) is 35.2 Å². The molecule has 0 unspecified atom stereocenters. The summed E-state index contributed by atoms with van der Waals surface area (Å²) < 4.78 is 36.1. The predicted molar refractivity (Wildman–Crippen MR) is 143 cm³/mol. The standard InChI is InChI=1S/C28H44O3S.Ba.H2O/c1-3-5-7-9-11-13-15-18-24-22-23-25-19-17-21-27(32(29,30)31)28(25)26(24)20-16-14-12-10-8-6-4-2;;/h17,19,21-23H,3-16,18,20H2,1-2H3,(H,29,30,31);;1H2/q;+2;/p-2. The smallest absolute Gasteiger partial charge is 0.870 e. The van der Waals surface area contributed by atoms with Gasteiger partial charge in [0.25, 0.3) is 0 Å². The maximum Gasteiger partial charge on any atom is 2.00 e. The molecule has 0 amide bonds. The Hall–Kier alpha value is 0.141. The molecule has 0 aromatic heterocycles. The fourth-order valence-corrected chi connectivity index (χ4v) is 5.46. The molecule has 1 N–H and O–H groups in total. The minimum absolute atomic E-state index is 0. The van der Waals surface area contributed by atoms with Crippen molar-refractivity contribution in [3.63, 3.8) is 0 Å². The van der Waals surface area contributed by atoms with Crippen molar-refractivity contribution in [2.45, 2.75) is 121 Å². The number of rotatable bonds is 17. The third-order valence-corrected chi connectivity index (χ3v) is 7.44. The Morgan fingerprint density at radius 1 is 0.676 bits per heavy atom. The van der Waals surface area contributed by atoms with Crippen LogP contribution < -0.4 is 0 Å². The summed E-state index contributed by atoms with van der Waals surface area (Å²) in [5.41, 5.74) is 2.32. The predicted octanol–water partition coefficient (Wildman–Crippen LogP) is 7.77. The van der Waals surface area contributed by atoms with Gasteiger partial charge in [0.05, 0.1) is 4.90 Å². The molecule has 6 heteroatoms. The summed E-state index contributed by atoms with van der Waals surface area (Å²) in [4.78, 5) is -0.0469. The van der Waals surface area contributed by atoms with Crippen molar-refractivity contribution < 1.29 is 18.4 Å². The molecule has 0 aliphatic heterocycles. The van der Waals surface area contributed by atoms with E-state index in [4.69, 9.17) is 0 Å². The Labute approximate surface area is 248 Å². The average molecular weight is 614 g/mol. The van der Waals surface area contributed by atoms with Gasteiger partial charge in [-0.3, -0.25) is 0 Å². The quantitative estimate of drug-likeness (QED) is 0.104. The van der Waals surface area contributed by atoms with Crippen LogP contribution in [0.5, 0.6) is 0 Å². The Kier molecular flexibility index (Phi) is 19.4. The summed E-state index contributed by atoms with van der Waals surface area (Å²) in [5.74, 6) is 0. The van der Waals surface area contributed by atoms with Crippen molar-refractivity contribution in [3.05, 3.63) is 41.5 Å². The van der Waals surface area contributed by atoms with Crippen LogP contribution in [0.2, 0.25) is 0 Å². The second-order valence-electron chi connectivity index (χ2n) is 9.25. The van der Waals surface area contributed by atoms with E-state index < -0.39 is 10.1 Å². The first-order valence-corrected chi connectivity index (χ1v) is 14.4. The van der Waals surface area contributed by atoms with E-state index in [1.807, 2.05) is 12.1 Å². The second-order valence-corrected chi connectivity index (χ2v) is 10.6. The minimum Gasteiger partial charge on any atom is -0.870 e. The normalized spacial score (nSPS) is 11.3. The van der Waals surface area contributed by atoms with Crippen molar-refractivity contribution in [2.24, 2.45) is 0 Å². The molecule has 0 heterocycles. The number of fused-ring (bicyclic) bond motifs is 1. The number of unbranched alkanes of at least 4 members (excludes halogenated alkanes) is 12. The van der Waals surface area contributed by atoms with Gasteiger partial charge >= 0.3 is 48.9 Å². The first kappa shape index (κ1) is 34.1. The maximum atomic E-state index is 12.0. The summed E-state index contributed by atoms with van der Waals surface area (Å²) >= 11 is 0. The first-order chi connectivity index (χ1) is 15.5. The molecule has 2 aromatic rings. The molecule has 0 radical (unpaired) electrons. The van der Waals surface area contributed by atoms with Crippen molar-refractivity contribution in [1.29, 1.82) is 0 Å². The summed E-state index contributed by atoms with van der Waals surface area (Å²) in [6, 6.07) is 9.25. The van der Waals surface area contributed by atoms with Gasteiger partial charge in [-0.2, -0.15) is 0 Å². The topological polar surface area (TPSA) is 87.2 Å². The van der Waals surface area contributed by atoms with Gasteiger partial charge in [-0.05, 0) is 48.3 Å². The van der Waals surface area contributed by atoms with Crippen molar-refractivity contribution >= 4 is 69.8 Å². The van der Waals surface area contributed by atoms with Crippen LogP contribution >= 0.6 is 0 Å². The SMILES string of the molecule is CCCCCCCCCc1ccc2cccc(S(=O)(=O)[O-])c2c1CCCCCCCCC.[Ba+2].[OH-]. The largest absolute Gasteiger partial charge is 2.00 e. The van der Waals surface area contributed by atoms with Gasteiger partial charge in [0.1, 0.15) is 10.1 Å². The molecule has 188 valence electrons. The van der Waals surface area contributed by atoms with E-state index in [0.717, 1.165) is 43.1 Å². The third kappa shape index (κ3) is 11.9.